The van der Waals surface area contributed by atoms with Gasteiger partial charge in [-0.25, -0.2) is 9.99 Å². The summed E-state index contributed by atoms with van der Waals surface area (Å²) in [6.45, 7) is 1.74. The molecular formula is C21H17N5O. The highest BCUT2D eigenvalue weighted by molar-refractivity contribution is 5.77. The zero-order chi connectivity index (χ0) is 18.6. The number of fused-ring (bicyclic) bond motifs is 1. The van der Waals surface area contributed by atoms with E-state index in [1.165, 1.54) is 4.68 Å². The molecule has 132 valence electrons. The van der Waals surface area contributed by atoms with E-state index in [1.54, 1.807) is 18.0 Å². The molecule has 0 spiro atoms. The standard InChI is InChI=1S/C21H17N5O/c1-16-22-20-15-9-8-14-19(20)21(27)25(16)23-24-26(17-10-4-2-5-11-17)18-12-6-3-7-13-18/h2-15H,1H3. The molecule has 6 heteroatoms. The summed E-state index contributed by atoms with van der Waals surface area (Å²) in [7, 11) is 0. The molecule has 1 heterocycles. The highest BCUT2D eigenvalue weighted by atomic mass is 16.1. The first-order chi connectivity index (χ1) is 13.2. The Hall–Kier alpha value is -3.80. The van der Waals surface area contributed by atoms with Crippen LogP contribution in [0.4, 0.5) is 11.4 Å². The molecule has 0 fully saturated rings. The van der Waals surface area contributed by atoms with Gasteiger partial charge in [0, 0.05) is 0 Å². The van der Waals surface area contributed by atoms with E-state index in [0.717, 1.165) is 11.4 Å². The van der Waals surface area contributed by atoms with Crippen LogP contribution in [-0.4, -0.2) is 9.66 Å². The number of hydrogen-bond donors (Lipinski definition) is 0. The van der Waals surface area contributed by atoms with Crippen molar-refractivity contribution in [3.05, 3.63) is 101 Å². The molecule has 0 radical (unpaired) electrons. The van der Waals surface area contributed by atoms with Crippen molar-refractivity contribution in [3.8, 4) is 0 Å². The van der Waals surface area contributed by atoms with Crippen LogP contribution >= 0.6 is 0 Å². The van der Waals surface area contributed by atoms with Crippen molar-refractivity contribution in [2.24, 2.45) is 10.4 Å². The number of aryl methyl sites for hydroxylation is 1. The van der Waals surface area contributed by atoms with Crippen LogP contribution in [0, 0.1) is 6.92 Å². The third-order valence-electron chi connectivity index (χ3n) is 4.14. The van der Waals surface area contributed by atoms with Crippen molar-refractivity contribution in [3.63, 3.8) is 0 Å². The van der Waals surface area contributed by atoms with Gasteiger partial charge in [0.25, 0.3) is 5.56 Å². The molecule has 0 aliphatic heterocycles. The monoisotopic (exact) mass is 355 g/mol. The summed E-state index contributed by atoms with van der Waals surface area (Å²) in [6.07, 6.45) is 0. The van der Waals surface area contributed by atoms with Gasteiger partial charge < -0.3 is 0 Å². The quantitative estimate of drug-likeness (QED) is 0.395. The molecule has 1 aromatic heterocycles. The Morgan fingerprint density at radius 1 is 0.815 bits per heavy atom. The Kier molecular flexibility index (Phi) is 4.45. The smallest absolute Gasteiger partial charge is 0.267 e. The minimum atomic E-state index is -0.247. The van der Waals surface area contributed by atoms with Gasteiger partial charge in [-0.1, -0.05) is 48.5 Å². The predicted molar refractivity (Wildman–Crippen MR) is 106 cm³/mol. The van der Waals surface area contributed by atoms with E-state index in [1.807, 2.05) is 78.9 Å². The van der Waals surface area contributed by atoms with Gasteiger partial charge in [0.1, 0.15) is 5.82 Å². The molecule has 0 amide bonds. The second-order valence-electron chi connectivity index (χ2n) is 5.95. The summed E-state index contributed by atoms with van der Waals surface area (Å²) in [6, 6.07) is 26.5. The number of benzene rings is 3. The lowest BCUT2D eigenvalue weighted by Gasteiger charge is -2.17. The minimum Gasteiger partial charge on any atom is -0.267 e. The highest BCUT2D eigenvalue weighted by Gasteiger charge is 2.10. The van der Waals surface area contributed by atoms with Gasteiger partial charge in [-0.3, -0.25) is 4.79 Å². The third-order valence-corrected chi connectivity index (χ3v) is 4.14. The fourth-order valence-corrected chi connectivity index (χ4v) is 2.81. The average molecular weight is 355 g/mol. The van der Waals surface area contributed by atoms with E-state index in [-0.39, 0.29) is 5.56 Å². The van der Waals surface area contributed by atoms with Crippen LogP contribution in [0.1, 0.15) is 5.82 Å². The molecule has 0 saturated carbocycles. The van der Waals surface area contributed by atoms with Crippen molar-refractivity contribution in [1.82, 2.24) is 9.66 Å². The van der Waals surface area contributed by atoms with Crippen molar-refractivity contribution in [1.29, 1.82) is 0 Å². The Labute approximate surface area is 156 Å². The van der Waals surface area contributed by atoms with Crippen molar-refractivity contribution < 1.29 is 0 Å². The Bertz CT molecular complexity index is 1110. The van der Waals surface area contributed by atoms with Gasteiger partial charge in [0.2, 0.25) is 0 Å². The van der Waals surface area contributed by atoms with Crippen LogP contribution in [0.3, 0.4) is 0 Å². The Balaban J connectivity index is 1.81. The molecule has 0 saturated heterocycles. The normalized spacial score (nSPS) is 11.1. The predicted octanol–water partition coefficient (Wildman–Crippen LogP) is 4.67. The molecule has 0 unspecified atom stereocenters. The summed E-state index contributed by atoms with van der Waals surface area (Å²) in [5.41, 5.74) is 2.08. The van der Waals surface area contributed by atoms with Crippen LogP contribution in [0.5, 0.6) is 0 Å². The maximum Gasteiger partial charge on any atom is 0.283 e. The fourth-order valence-electron chi connectivity index (χ4n) is 2.81. The van der Waals surface area contributed by atoms with E-state index >= 15 is 0 Å². The summed E-state index contributed by atoms with van der Waals surface area (Å²) >= 11 is 0. The van der Waals surface area contributed by atoms with Gasteiger partial charge in [0.15, 0.2) is 0 Å². The molecule has 0 aliphatic rings. The molecule has 0 bridgehead atoms. The van der Waals surface area contributed by atoms with E-state index in [4.69, 9.17) is 0 Å². The second-order valence-corrected chi connectivity index (χ2v) is 5.95. The molecule has 0 N–H and O–H groups in total. The minimum absolute atomic E-state index is 0.247. The van der Waals surface area contributed by atoms with Crippen LogP contribution in [0.25, 0.3) is 10.9 Å². The molecule has 0 atom stereocenters. The number of para-hydroxylation sites is 3. The fraction of sp³-hybridized carbons (Fsp3) is 0.0476. The van der Waals surface area contributed by atoms with Gasteiger partial charge in [-0.05, 0) is 53.8 Å². The lowest BCUT2D eigenvalue weighted by Crippen LogP contribution is -2.21. The first-order valence-corrected chi connectivity index (χ1v) is 8.54. The summed E-state index contributed by atoms with van der Waals surface area (Å²) in [5.74, 6) is 0.475. The van der Waals surface area contributed by atoms with E-state index < -0.39 is 0 Å². The molecule has 4 aromatic rings. The van der Waals surface area contributed by atoms with Gasteiger partial charge in [-0.2, -0.15) is 4.68 Å². The summed E-state index contributed by atoms with van der Waals surface area (Å²) in [4.78, 5) is 17.2. The summed E-state index contributed by atoms with van der Waals surface area (Å²) in [5, 5.41) is 10.7. The maximum atomic E-state index is 12.8. The number of anilines is 2. The number of nitrogens with zero attached hydrogens (tertiary/aromatic N) is 5. The Morgan fingerprint density at radius 2 is 1.37 bits per heavy atom. The first-order valence-electron chi connectivity index (χ1n) is 8.54. The SMILES string of the molecule is Cc1nc2ccccc2c(=O)n1N=NN(c1ccccc1)c1ccccc1. The van der Waals surface area contributed by atoms with Crippen LogP contribution in [0.2, 0.25) is 0 Å². The number of aromatic nitrogens is 2. The molecule has 27 heavy (non-hydrogen) atoms. The van der Waals surface area contributed by atoms with Gasteiger partial charge in [-0.15, -0.1) is 0 Å². The average Bonchev–Trinajstić information content (AvgIpc) is 2.72. The van der Waals surface area contributed by atoms with Crippen LogP contribution in [0.15, 0.2) is 100 Å². The third kappa shape index (κ3) is 3.32. The maximum absolute atomic E-state index is 12.8. The molecule has 6 nitrogen and oxygen atoms in total. The highest BCUT2D eigenvalue weighted by Crippen LogP contribution is 2.25. The topological polar surface area (TPSA) is 62.9 Å². The van der Waals surface area contributed by atoms with Gasteiger partial charge >= 0.3 is 0 Å². The molecule has 4 rings (SSSR count). The lowest BCUT2D eigenvalue weighted by atomic mass is 10.2. The van der Waals surface area contributed by atoms with Crippen LogP contribution in [-0.2, 0) is 0 Å². The molecule has 0 aliphatic carbocycles. The number of rotatable bonds is 4. The van der Waals surface area contributed by atoms with Crippen molar-refractivity contribution in [2.45, 2.75) is 6.92 Å². The Morgan fingerprint density at radius 3 is 2.00 bits per heavy atom. The van der Waals surface area contributed by atoms with Crippen molar-refractivity contribution in [2.75, 3.05) is 5.01 Å². The van der Waals surface area contributed by atoms with Crippen LogP contribution < -0.4 is 10.6 Å². The molecule has 3 aromatic carbocycles. The molecular weight excluding hydrogens is 338 g/mol. The van der Waals surface area contributed by atoms with Crippen molar-refractivity contribution >= 4 is 22.3 Å². The zero-order valence-corrected chi connectivity index (χ0v) is 14.7. The second kappa shape index (κ2) is 7.21. The number of hydrogen-bond acceptors (Lipinski definition) is 4. The van der Waals surface area contributed by atoms with E-state index in [9.17, 15) is 4.79 Å². The zero-order valence-electron chi connectivity index (χ0n) is 14.7. The van der Waals surface area contributed by atoms with Gasteiger partial charge in [0.05, 0.1) is 22.3 Å². The lowest BCUT2D eigenvalue weighted by molar-refractivity contribution is 0.688. The largest absolute Gasteiger partial charge is 0.283 e. The van der Waals surface area contributed by atoms with E-state index in [2.05, 4.69) is 15.4 Å². The summed E-state index contributed by atoms with van der Waals surface area (Å²) < 4.78 is 1.22. The first kappa shape index (κ1) is 16.7. The van der Waals surface area contributed by atoms with E-state index in [0.29, 0.717) is 16.7 Å².